The number of aryl methyl sites for hydroxylation is 2. The van der Waals surface area contributed by atoms with E-state index in [4.69, 9.17) is 0 Å². The Morgan fingerprint density at radius 1 is 1.22 bits per heavy atom. The highest BCUT2D eigenvalue weighted by Gasteiger charge is 2.21. The molecule has 3 aromatic rings. The Morgan fingerprint density at radius 2 is 1.93 bits per heavy atom. The number of anilines is 1. The summed E-state index contributed by atoms with van der Waals surface area (Å²) in [6.07, 6.45) is 1.86. The van der Waals surface area contributed by atoms with Crippen molar-refractivity contribution < 1.29 is 15.0 Å². The number of carbonyl (C=O) groups is 1. The summed E-state index contributed by atoms with van der Waals surface area (Å²) >= 11 is 0. The van der Waals surface area contributed by atoms with Crippen molar-refractivity contribution in [3.63, 3.8) is 0 Å². The molecule has 27 heavy (non-hydrogen) atoms. The zero-order valence-electron chi connectivity index (χ0n) is 15.1. The van der Waals surface area contributed by atoms with Gasteiger partial charge in [-0.15, -0.1) is 0 Å². The van der Waals surface area contributed by atoms with E-state index in [9.17, 15) is 19.8 Å². The van der Waals surface area contributed by atoms with Gasteiger partial charge in [-0.1, -0.05) is 12.1 Å². The number of nitrogens with zero attached hydrogens (tertiary/aromatic N) is 1. The molecule has 1 unspecified atom stereocenters. The number of hydrogen-bond acceptors (Lipinski definition) is 5. The maximum absolute atomic E-state index is 11.9. The van der Waals surface area contributed by atoms with Gasteiger partial charge in [0.25, 0.3) is 5.56 Å². The van der Waals surface area contributed by atoms with Crippen LogP contribution in [0, 0.1) is 13.8 Å². The predicted octanol–water partition coefficient (Wildman–Crippen LogP) is 2.31. The fraction of sp³-hybridized carbons (Fsp3) is 0.250. The monoisotopic (exact) mass is 367 g/mol. The first kappa shape index (κ1) is 18.6. The Labute approximate surface area is 155 Å². The zero-order valence-corrected chi connectivity index (χ0v) is 15.1. The average molecular weight is 367 g/mol. The molecule has 1 atom stereocenters. The maximum atomic E-state index is 11.9. The first-order valence-corrected chi connectivity index (χ1v) is 8.58. The molecule has 0 spiro atoms. The lowest BCUT2D eigenvalue weighted by atomic mass is 9.94. The molecule has 0 saturated heterocycles. The van der Waals surface area contributed by atoms with Crippen molar-refractivity contribution in [2.24, 2.45) is 0 Å². The van der Waals surface area contributed by atoms with E-state index in [0.29, 0.717) is 28.6 Å². The molecule has 0 fully saturated rings. The van der Waals surface area contributed by atoms with Crippen molar-refractivity contribution in [2.75, 3.05) is 11.9 Å². The van der Waals surface area contributed by atoms with Crippen LogP contribution in [-0.4, -0.2) is 32.8 Å². The van der Waals surface area contributed by atoms with E-state index >= 15 is 0 Å². The molecule has 4 N–H and O–H groups in total. The van der Waals surface area contributed by atoms with Gasteiger partial charge in [-0.3, -0.25) is 4.79 Å². The van der Waals surface area contributed by atoms with Gasteiger partial charge in [-0.05, 0) is 60.7 Å². The quantitative estimate of drug-likeness (QED) is 0.531. The number of H-pyrrole nitrogens is 1. The van der Waals surface area contributed by atoms with Crippen LogP contribution in [0.3, 0.4) is 0 Å². The minimum absolute atomic E-state index is 0.0430. The van der Waals surface area contributed by atoms with E-state index in [1.54, 1.807) is 18.2 Å². The van der Waals surface area contributed by atoms with Gasteiger partial charge >= 0.3 is 5.97 Å². The number of fused-ring (bicyclic) bond motifs is 1. The van der Waals surface area contributed by atoms with E-state index in [1.807, 2.05) is 26.0 Å². The molecule has 0 bridgehead atoms. The second kappa shape index (κ2) is 7.59. The second-order valence-corrected chi connectivity index (χ2v) is 6.49. The number of rotatable bonds is 6. The van der Waals surface area contributed by atoms with Gasteiger partial charge in [0.15, 0.2) is 6.04 Å². The summed E-state index contributed by atoms with van der Waals surface area (Å²) in [5.74, 6) is -1.02. The van der Waals surface area contributed by atoms with Crippen molar-refractivity contribution >= 4 is 22.6 Å². The highest BCUT2D eigenvalue weighted by Crippen LogP contribution is 2.26. The van der Waals surface area contributed by atoms with E-state index in [-0.39, 0.29) is 12.2 Å². The zero-order chi connectivity index (χ0) is 19.6. The van der Waals surface area contributed by atoms with Gasteiger partial charge in [0, 0.05) is 12.3 Å². The molecule has 7 heteroatoms. The highest BCUT2D eigenvalue weighted by atomic mass is 16.4. The number of aliphatic carboxylic acids is 1. The summed E-state index contributed by atoms with van der Waals surface area (Å²) < 4.78 is 0. The van der Waals surface area contributed by atoms with Gasteiger partial charge in [0.05, 0.1) is 17.2 Å². The van der Waals surface area contributed by atoms with Crippen molar-refractivity contribution in [1.29, 1.82) is 0 Å². The molecule has 140 valence electrons. The Kier molecular flexibility index (Phi) is 5.23. The molecule has 0 amide bonds. The van der Waals surface area contributed by atoms with Crippen molar-refractivity contribution in [3.8, 4) is 0 Å². The number of aliphatic hydroxyl groups excluding tert-OH is 1. The Bertz CT molecular complexity index is 1040. The third kappa shape index (κ3) is 3.83. The molecule has 7 nitrogen and oxygen atoms in total. The lowest BCUT2D eigenvalue weighted by Crippen LogP contribution is -2.21. The molecule has 0 aliphatic rings. The number of aromatic amines is 1. The predicted molar refractivity (Wildman–Crippen MR) is 103 cm³/mol. The standard InChI is InChI=1S/C20H21N3O4/c1-11-7-13(8-12(2)15(11)5-6-24)18(20(26)27)23-14-3-4-17-16(9-14)19(25)22-10-21-17/h3-4,7-10,18,23-24H,5-6H2,1-2H3,(H,26,27)(H,21,22,25). The molecule has 0 aliphatic heterocycles. The minimum atomic E-state index is -1.02. The third-order valence-corrected chi connectivity index (χ3v) is 4.61. The van der Waals surface area contributed by atoms with Gasteiger partial charge in [-0.25, -0.2) is 9.78 Å². The lowest BCUT2D eigenvalue weighted by molar-refractivity contribution is -0.138. The first-order valence-electron chi connectivity index (χ1n) is 8.58. The summed E-state index contributed by atoms with van der Waals surface area (Å²) in [5, 5.41) is 22.3. The molecule has 2 aromatic carbocycles. The lowest BCUT2D eigenvalue weighted by Gasteiger charge is -2.19. The molecular weight excluding hydrogens is 346 g/mol. The van der Waals surface area contributed by atoms with E-state index < -0.39 is 12.0 Å². The molecule has 0 saturated carbocycles. The number of hydrogen-bond donors (Lipinski definition) is 4. The SMILES string of the molecule is Cc1cc(C(Nc2ccc3nc[nH]c(=O)c3c2)C(=O)O)cc(C)c1CCO. The molecule has 1 heterocycles. The van der Waals surface area contributed by atoms with Gasteiger partial charge in [0.2, 0.25) is 0 Å². The molecule has 3 rings (SSSR count). The molecule has 1 aromatic heterocycles. The van der Waals surface area contributed by atoms with Crippen LogP contribution in [0.15, 0.2) is 41.5 Å². The third-order valence-electron chi connectivity index (χ3n) is 4.61. The van der Waals surface area contributed by atoms with Crippen molar-refractivity contribution in [2.45, 2.75) is 26.3 Å². The summed E-state index contributed by atoms with van der Waals surface area (Å²) in [6, 6.07) is 7.63. The summed E-state index contributed by atoms with van der Waals surface area (Å²) in [5.41, 5.74) is 4.28. The fourth-order valence-electron chi connectivity index (χ4n) is 3.31. The number of carboxylic acid groups (broad SMARTS) is 1. The Balaban J connectivity index is 1.99. The smallest absolute Gasteiger partial charge is 0.330 e. The number of aromatic nitrogens is 2. The number of benzene rings is 2. The van der Waals surface area contributed by atoms with E-state index in [0.717, 1.165) is 16.7 Å². The maximum Gasteiger partial charge on any atom is 0.330 e. The van der Waals surface area contributed by atoms with Crippen LogP contribution in [-0.2, 0) is 11.2 Å². The van der Waals surface area contributed by atoms with Crippen molar-refractivity contribution in [1.82, 2.24) is 9.97 Å². The van der Waals surface area contributed by atoms with Crippen LogP contribution in [0.2, 0.25) is 0 Å². The Hall–Kier alpha value is -3.19. The normalized spacial score (nSPS) is 12.1. The van der Waals surface area contributed by atoms with Gasteiger partial charge < -0.3 is 20.5 Å². The first-order chi connectivity index (χ1) is 12.9. The fourth-order valence-corrected chi connectivity index (χ4v) is 3.31. The Morgan fingerprint density at radius 3 is 2.56 bits per heavy atom. The summed E-state index contributed by atoms with van der Waals surface area (Å²) in [6.45, 7) is 3.85. The minimum Gasteiger partial charge on any atom is -0.479 e. The molecular formula is C20H21N3O4. The van der Waals surface area contributed by atoms with Crippen molar-refractivity contribution in [3.05, 3.63) is 69.3 Å². The summed E-state index contributed by atoms with van der Waals surface area (Å²) in [7, 11) is 0. The van der Waals surface area contributed by atoms with Crippen LogP contribution in [0.25, 0.3) is 10.9 Å². The largest absolute Gasteiger partial charge is 0.479 e. The number of nitrogens with one attached hydrogen (secondary N) is 2. The average Bonchev–Trinajstić information content (AvgIpc) is 2.63. The molecule has 0 aliphatic carbocycles. The van der Waals surface area contributed by atoms with Crippen LogP contribution in [0.1, 0.15) is 28.3 Å². The van der Waals surface area contributed by atoms with Gasteiger partial charge in [-0.2, -0.15) is 0 Å². The van der Waals surface area contributed by atoms with Crippen LogP contribution in [0.4, 0.5) is 5.69 Å². The number of aliphatic hydroxyl groups is 1. The summed E-state index contributed by atoms with van der Waals surface area (Å²) in [4.78, 5) is 30.4. The second-order valence-electron chi connectivity index (χ2n) is 6.49. The highest BCUT2D eigenvalue weighted by molar-refractivity contribution is 5.84. The topological polar surface area (TPSA) is 115 Å². The van der Waals surface area contributed by atoms with Gasteiger partial charge in [0.1, 0.15) is 0 Å². The molecule has 0 radical (unpaired) electrons. The van der Waals surface area contributed by atoms with Crippen LogP contribution in [0.5, 0.6) is 0 Å². The number of carboxylic acids is 1. The van der Waals surface area contributed by atoms with Crippen LogP contribution < -0.4 is 10.9 Å². The van der Waals surface area contributed by atoms with E-state index in [2.05, 4.69) is 15.3 Å². The van der Waals surface area contributed by atoms with Crippen LogP contribution >= 0.6 is 0 Å². The van der Waals surface area contributed by atoms with E-state index in [1.165, 1.54) is 6.33 Å².